The van der Waals surface area contributed by atoms with E-state index in [0.717, 1.165) is 18.5 Å². The van der Waals surface area contributed by atoms with Crippen LogP contribution in [0.1, 0.15) is 29.2 Å². The lowest BCUT2D eigenvalue weighted by Gasteiger charge is -2.44. The predicted molar refractivity (Wildman–Crippen MR) is 101 cm³/mol. The highest BCUT2D eigenvalue weighted by Crippen LogP contribution is 2.33. The normalized spacial score (nSPS) is 19.1. The minimum atomic E-state index is -0.0173. The lowest BCUT2D eigenvalue weighted by molar-refractivity contribution is -0.149. The highest BCUT2D eigenvalue weighted by Gasteiger charge is 2.38. The third kappa shape index (κ3) is 3.34. The van der Waals surface area contributed by atoms with Gasteiger partial charge in [-0.1, -0.05) is 48.0 Å². The van der Waals surface area contributed by atoms with Gasteiger partial charge in [0.05, 0.1) is 12.6 Å². The number of hydrogen-bond acceptors (Lipinski definition) is 2. The number of amides is 2. The monoisotopic (exact) mass is 368 g/mol. The highest BCUT2D eigenvalue weighted by molar-refractivity contribution is 6.30. The van der Waals surface area contributed by atoms with Crippen LogP contribution in [0.3, 0.4) is 0 Å². The van der Waals surface area contributed by atoms with Crippen molar-refractivity contribution in [2.24, 2.45) is 0 Å². The summed E-state index contributed by atoms with van der Waals surface area (Å²) in [6.07, 6.45) is 1.91. The lowest BCUT2D eigenvalue weighted by Crippen LogP contribution is -2.55. The SMILES string of the molecule is O=C(CCc1cccc(Cl)c1)N1CC(=O)N2CCc3ccccc3C2C1. The number of carbonyl (C=O) groups is 2. The number of fused-ring (bicyclic) bond motifs is 3. The lowest BCUT2D eigenvalue weighted by atomic mass is 9.90. The number of nitrogens with zero attached hydrogens (tertiary/aromatic N) is 2. The van der Waals surface area contributed by atoms with Crippen molar-refractivity contribution in [3.05, 3.63) is 70.2 Å². The molecule has 4 rings (SSSR count). The molecule has 26 heavy (non-hydrogen) atoms. The molecule has 2 aliphatic heterocycles. The fourth-order valence-corrected chi connectivity index (χ4v) is 4.18. The quantitative estimate of drug-likeness (QED) is 0.834. The fourth-order valence-electron chi connectivity index (χ4n) is 3.97. The van der Waals surface area contributed by atoms with E-state index in [0.29, 0.717) is 24.4 Å². The molecule has 134 valence electrons. The van der Waals surface area contributed by atoms with E-state index >= 15 is 0 Å². The van der Waals surface area contributed by atoms with Crippen LogP contribution in [0.15, 0.2) is 48.5 Å². The maximum Gasteiger partial charge on any atom is 0.242 e. The van der Waals surface area contributed by atoms with E-state index in [1.807, 2.05) is 41.3 Å². The number of benzene rings is 2. The van der Waals surface area contributed by atoms with Crippen LogP contribution >= 0.6 is 11.6 Å². The number of rotatable bonds is 3. The van der Waals surface area contributed by atoms with Crippen LogP contribution in [0.25, 0.3) is 0 Å². The molecule has 2 aromatic rings. The zero-order valence-electron chi connectivity index (χ0n) is 14.5. The average Bonchev–Trinajstić information content (AvgIpc) is 2.66. The smallest absolute Gasteiger partial charge is 0.242 e. The molecular weight excluding hydrogens is 348 g/mol. The van der Waals surface area contributed by atoms with Gasteiger partial charge in [-0.25, -0.2) is 0 Å². The molecule has 1 saturated heterocycles. The Labute approximate surface area is 158 Å². The summed E-state index contributed by atoms with van der Waals surface area (Å²) in [7, 11) is 0. The van der Waals surface area contributed by atoms with Gasteiger partial charge in [0.25, 0.3) is 0 Å². The summed E-state index contributed by atoms with van der Waals surface area (Å²) in [5.41, 5.74) is 3.51. The van der Waals surface area contributed by atoms with Crippen molar-refractivity contribution in [1.29, 1.82) is 0 Å². The van der Waals surface area contributed by atoms with Gasteiger partial charge in [-0.3, -0.25) is 9.59 Å². The maximum atomic E-state index is 12.7. The van der Waals surface area contributed by atoms with E-state index in [1.54, 1.807) is 4.90 Å². The molecule has 2 aliphatic rings. The molecule has 0 saturated carbocycles. The van der Waals surface area contributed by atoms with Crippen molar-refractivity contribution in [3.63, 3.8) is 0 Å². The van der Waals surface area contributed by atoms with Crippen molar-refractivity contribution >= 4 is 23.4 Å². The number of halogens is 1. The molecule has 2 heterocycles. The van der Waals surface area contributed by atoms with Gasteiger partial charge in [0.1, 0.15) is 0 Å². The molecule has 2 amide bonds. The Balaban J connectivity index is 1.47. The summed E-state index contributed by atoms with van der Waals surface area (Å²) in [6, 6.07) is 15.8. The second-order valence-corrected chi connectivity index (χ2v) is 7.39. The van der Waals surface area contributed by atoms with E-state index in [9.17, 15) is 9.59 Å². The first kappa shape index (κ1) is 17.1. The van der Waals surface area contributed by atoms with Crippen LogP contribution in [0, 0.1) is 0 Å². The molecule has 0 aliphatic carbocycles. The Morgan fingerprint density at radius 2 is 2.00 bits per heavy atom. The molecule has 0 aromatic heterocycles. The molecule has 0 spiro atoms. The van der Waals surface area contributed by atoms with Gasteiger partial charge in [-0.2, -0.15) is 0 Å². The standard InChI is InChI=1S/C21H21ClN2O2/c22-17-6-3-4-15(12-17)8-9-20(25)23-13-19-18-7-2-1-5-16(18)10-11-24(19)21(26)14-23/h1-7,12,19H,8-11,13-14H2. The Morgan fingerprint density at radius 1 is 1.15 bits per heavy atom. The van der Waals surface area contributed by atoms with Crippen LogP contribution in [0.2, 0.25) is 5.02 Å². The van der Waals surface area contributed by atoms with Crippen molar-refractivity contribution in [3.8, 4) is 0 Å². The maximum absolute atomic E-state index is 12.7. The molecule has 5 heteroatoms. The third-order valence-electron chi connectivity index (χ3n) is 5.32. The molecule has 4 nitrogen and oxygen atoms in total. The van der Waals surface area contributed by atoms with Gasteiger partial charge < -0.3 is 9.80 Å². The highest BCUT2D eigenvalue weighted by atomic mass is 35.5. The van der Waals surface area contributed by atoms with E-state index in [1.165, 1.54) is 11.1 Å². The second-order valence-electron chi connectivity index (χ2n) is 6.96. The number of hydrogen-bond donors (Lipinski definition) is 0. The summed E-state index contributed by atoms with van der Waals surface area (Å²) in [6.45, 7) is 1.51. The summed E-state index contributed by atoms with van der Waals surface area (Å²) >= 11 is 6.01. The van der Waals surface area contributed by atoms with E-state index in [4.69, 9.17) is 11.6 Å². The first-order chi connectivity index (χ1) is 12.6. The molecule has 0 N–H and O–H groups in total. The molecule has 2 aromatic carbocycles. The predicted octanol–water partition coefficient (Wildman–Crippen LogP) is 3.24. The molecule has 1 unspecified atom stereocenters. The van der Waals surface area contributed by atoms with Crippen LogP contribution in [0.5, 0.6) is 0 Å². The average molecular weight is 369 g/mol. The first-order valence-electron chi connectivity index (χ1n) is 9.01. The van der Waals surface area contributed by atoms with Crippen LogP contribution in [-0.4, -0.2) is 41.2 Å². The fraction of sp³-hybridized carbons (Fsp3) is 0.333. The van der Waals surface area contributed by atoms with Gasteiger partial charge in [-0.15, -0.1) is 0 Å². The Bertz CT molecular complexity index is 851. The van der Waals surface area contributed by atoms with Crippen LogP contribution in [0.4, 0.5) is 0 Å². The molecule has 0 bridgehead atoms. The Hall–Kier alpha value is -2.33. The van der Waals surface area contributed by atoms with Gasteiger partial charge in [0, 0.05) is 24.5 Å². The van der Waals surface area contributed by atoms with Gasteiger partial charge in [-0.05, 0) is 41.7 Å². The molecular formula is C21H21ClN2O2. The van der Waals surface area contributed by atoms with Crippen molar-refractivity contribution < 1.29 is 9.59 Å². The van der Waals surface area contributed by atoms with E-state index in [2.05, 4.69) is 12.1 Å². The Kier molecular flexibility index (Phi) is 4.68. The zero-order valence-corrected chi connectivity index (χ0v) is 15.3. The van der Waals surface area contributed by atoms with Gasteiger partial charge in [0.2, 0.25) is 11.8 Å². The summed E-state index contributed by atoms with van der Waals surface area (Å²) in [5.74, 6) is 0.0767. The third-order valence-corrected chi connectivity index (χ3v) is 5.56. The molecule has 1 atom stereocenters. The number of carbonyl (C=O) groups excluding carboxylic acids is 2. The van der Waals surface area contributed by atoms with Crippen molar-refractivity contribution in [2.75, 3.05) is 19.6 Å². The zero-order chi connectivity index (χ0) is 18.1. The molecule has 0 radical (unpaired) electrons. The second kappa shape index (κ2) is 7.12. The Morgan fingerprint density at radius 3 is 2.85 bits per heavy atom. The van der Waals surface area contributed by atoms with Crippen LogP contribution in [-0.2, 0) is 22.4 Å². The summed E-state index contributed by atoms with van der Waals surface area (Å²) in [5, 5.41) is 0.678. The van der Waals surface area contributed by atoms with Crippen molar-refractivity contribution in [1.82, 2.24) is 9.80 Å². The minimum Gasteiger partial charge on any atom is -0.332 e. The minimum absolute atomic E-state index is 0.0173. The molecule has 1 fully saturated rings. The topological polar surface area (TPSA) is 40.6 Å². The van der Waals surface area contributed by atoms with Gasteiger partial charge >= 0.3 is 0 Å². The number of aryl methyl sites for hydroxylation is 1. The largest absolute Gasteiger partial charge is 0.332 e. The van der Waals surface area contributed by atoms with Gasteiger partial charge in [0.15, 0.2) is 0 Å². The summed E-state index contributed by atoms with van der Waals surface area (Å²) < 4.78 is 0. The summed E-state index contributed by atoms with van der Waals surface area (Å²) in [4.78, 5) is 28.9. The first-order valence-corrected chi connectivity index (χ1v) is 9.39. The van der Waals surface area contributed by atoms with Crippen molar-refractivity contribution in [2.45, 2.75) is 25.3 Å². The number of piperazine rings is 1. The van der Waals surface area contributed by atoms with E-state index in [-0.39, 0.29) is 24.4 Å². The van der Waals surface area contributed by atoms with Crippen LogP contribution < -0.4 is 0 Å². The van der Waals surface area contributed by atoms with E-state index < -0.39 is 0 Å².